The van der Waals surface area contributed by atoms with E-state index >= 15 is 0 Å². The molecule has 0 aliphatic rings. The summed E-state index contributed by atoms with van der Waals surface area (Å²) >= 11 is 1.49. The third-order valence-electron chi connectivity index (χ3n) is 3.02. The molecule has 0 radical (unpaired) electrons. The Hall–Kier alpha value is -2.73. The average Bonchev–Trinajstić information content (AvgIpc) is 2.95. The molecule has 0 aliphatic heterocycles. The molecular formula is C15H11N3O2S. The number of nitrogens with zero attached hydrogens (tertiary/aromatic N) is 1. The number of carbonyl (C=O) groups is 2. The number of rotatable bonds is 3. The summed E-state index contributed by atoms with van der Waals surface area (Å²) in [6.07, 6.45) is 0. The zero-order valence-electron chi connectivity index (χ0n) is 10.9. The highest BCUT2D eigenvalue weighted by Gasteiger charge is 2.08. The molecule has 0 unspecified atom stereocenters. The van der Waals surface area contributed by atoms with Gasteiger partial charge in [0.15, 0.2) is 0 Å². The van der Waals surface area contributed by atoms with E-state index in [9.17, 15) is 9.59 Å². The molecule has 2 amide bonds. The number of primary amides is 1. The van der Waals surface area contributed by atoms with Gasteiger partial charge in [0.25, 0.3) is 5.91 Å². The van der Waals surface area contributed by atoms with Crippen LogP contribution in [-0.2, 0) is 0 Å². The average molecular weight is 297 g/mol. The highest BCUT2D eigenvalue weighted by Crippen LogP contribution is 2.20. The largest absolute Gasteiger partial charge is 0.366 e. The Balaban J connectivity index is 1.80. The van der Waals surface area contributed by atoms with Gasteiger partial charge in [-0.15, -0.1) is 11.3 Å². The van der Waals surface area contributed by atoms with Gasteiger partial charge in [0.05, 0.1) is 15.7 Å². The minimum absolute atomic E-state index is 0.211. The Morgan fingerprint density at radius 3 is 2.48 bits per heavy atom. The van der Waals surface area contributed by atoms with Crippen LogP contribution >= 0.6 is 11.3 Å². The van der Waals surface area contributed by atoms with Crippen molar-refractivity contribution in [3.05, 3.63) is 59.1 Å². The lowest BCUT2D eigenvalue weighted by Gasteiger charge is -2.05. The highest BCUT2D eigenvalue weighted by molar-refractivity contribution is 7.16. The first-order chi connectivity index (χ1) is 10.1. The van der Waals surface area contributed by atoms with Crippen LogP contribution < -0.4 is 11.1 Å². The van der Waals surface area contributed by atoms with Gasteiger partial charge in [-0.2, -0.15) is 0 Å². The quantitative estimate of drug-likeness (QED) is 0.779. The van der Waals surface area contributed by atoms with Gasteiger partial charge in [-0.25, -0.2) is 4.98 Å². The summed E-state index contributed by atoms with van der Waals surface area (Å²) in [5, 5.41) is 2.77. The van der Waals surface area contributed by atoms with Gasteiger partial charge in [-0.05, 0) is 42.5 Å². The Kier molecular flexibility index (Phi) is 3.37. The molecule has 1 aromatic heterocycles. The van der Waals surface area contributed by atoms with E-state index in [1.54, 1.807) is 41.9 Å². The lowest BCUT2D eigenvalue weighted by Crippen LogP contribution is -2.13. The smallest absolute Gasteiger partial charge is 0.255 e. The molecule has 6 heteroatoms. The molecule has 0 bridgehead atoms. The fourth-order valence-corrected chi connectivity index (χ4v) is 2.63. The lowest BCUT2D eigenvalue weighted by molar-refractivity contribution is 0.0998. The van der Waals surface area contributed by atoms with Gasteiger partial charge in [-0.3, -0.25) is 9.59 Å². The van der Waals surface area contributed by atoms with Crippen LogP contribution in [0, 0.1) is 0 Å². The van der Waals surface area contributed by atoms with Crippen molar-refractivity contribution in [1.29, 1.82) is 0 Å². The summed E-state index contributed by atoms with van der Waals surface area (Å²) in [5.74, 6) is -0.708. The molecule has 1 heterocycles. The lowest BCUT2D eigenvalue weighted by atomic mass is 10.1. The van der Waals surface area contributed by atoms with Gasteiger partial charge in [0.1, 0.15) is 0 Å². The molecule has 0 saturated carbocycles. The fraction of sp³-hybridized carbons (Fsp3) is 0. The molecule has 3 aromatic rings. The Labute approximate surface area is 124 Å². The normalized spacial score (nSPS) is 10.5. The minimum Gasteiger partial charge on any atom is -0.366 e. The molecule has 0 saturated heterocycles. The second-order valence-electron chi connectivity index (χ2n) is 4.43. The number of carbonyl (C=O) groups excluding carboxylic acids is 2. The first-order valence-corrected chi connectivity index (χ1v) is 7.06. The van der Waals surface area contributed by atoms with Crippen LogP contribution in [0.3, 0.4) is 0 Å². The van der Waals surface area contributed by atoms with Gasteiger partial charge < -0.3 is 11.1 Å². The van der Waals surface area contributed by atoms with Crippen molar-refractivity contribution in [2.24, 2.45) is 5.73 Å². The molecule has 0 atom stereocenters. The van der Waals surface area contributed by atoms with Crippen molar-refractivity contribution in [2.45, 2.75) is 0 Å². The summed E-state index contributed by atoms with van der Waals surface area (Å²) in [4.78, 5) is 27.3. The molecule has 0 fully saturated rings. The molecule has 3 rings (SSSR count). The minimum atomic E-state index is -0.497. The van der Waals surface area contributed by atoms with E-state index < -0.39 is 5.91 Å². The molecule has 0 spiro atoms. The van der Waals surface area contributed by atoms with Crippen LogP contribution in [0.1, 0.15) is 20.7 Å². The summed E-state index contributed by atoms with van der Waals surface area (Å²) in [6, 6.07) is 11.8. The molecule has 2 aromatic carbocycles. The zero-order valence-corrected chi connectivity index (χ0v) is 11.7. The van der Waals surface area contributed by atoms with E-state index in [1.165, 1.54) is 11.3 Å². The van der Waals surface area contributed by atoms with E-state index in [4.69, 9.17) is 5.73 Å². The molecule has 21 heavy (non-hydrogen) atoms. The summed E-state index contributed by atoms with van der Waals surface area (Å²) in [6.45, 7) is 0. The van der Waals surface area contributed by atoms with E-state index in [0.717, 1.165) is 10.2 Å². The van der Waals surface area contributed by atoms with Crippen LogP contribution in [0.4, 0.5) is 5.69 Å². The maximum Gasteiger partial charge on any atom is 0.255 e. The first-order valence-electron chi connectivity index (χ1n) is 6.18. The van der Waals surface area contributed by atoms with Crippen molar-refractivity contribution in [2.75, 3.05) is 5.32 Å². The second kappa shape index (κ2) is 5.34. The predicted molar refractivity (Wildman–Crippen MR) is 82.5 cm³/mol. The first kappa shape index (κ1) is 13.3. The van der Waals surface area contributed by atoms with Crippen LogP contribution in [0.15, 0.2) is 48.0 Å². The van der Waals surface area contributed by atoms with E-state index in [0.29, 0.717) is 16.8 Å². The number of fused-ring (bicyclic) bond motifs is 1. The van der Waals surface area contributed by atoms with Gasteiger partial charge >= 0.3 is 0 Å². The predicted octanol–water partition coefficient (Wildman–Crippen LogP) is 2.65. The molecular weight excluding hydrogens is 286 g/mol. The maximum atomic E-state index is 12.2. The van der Waals surface area contributed by atoms with E-state index in [2.05, 4.69) is 10.3 Å². The number of nitrogens with two attached hydrogens (primary N) is 1. The van der Waals surface area contributed by atoms with Crippen molar-refractivity contribution in [1.82, 2.24) is 4.98 Å². The number of nitrogens with one attached hydrogen (secondary N) is 1. The van der Waals surface area contributed by atoms with Crippen LogP contribution in [0.2, 0.25) is 0 Å². The standard InChI is InChI=1S/C15H11N3O2S/c16-14(19)9-1-4-11(5-2-9)18-15(20)10-3-6-12-13(7-10)21-8-17-12/h1-8H,(H2,16,19)(H,18,20). The Morgan fingerprint density at radius 2 is 1.76 bits per heavy atom. The highest BCUT2D eigenvalue weighted by atomic mass is 32.1. The number of hydrogen-bond donors (Lipinski definition) is 2. The monoisotopic (exact) mass is 297 g/mol. The van der Waals surface area contributed by atoms with Crippen LogP contribution in [0.25, 0.3) is 10.2 Å². The molecule has 104 valence electrons. The number of amides is 2. The topological polar surface area (TPSA) is 85.1 Å². The summed E-state index contributed by atoms with van der Waals surface area (Å²) in [7, 11) is 0. The van der Waals surface area contributed by atoms with E-state index in [1.807, 2.05) is 6.07 Å². The summed E-state index contributed by atoms with van der Waals surface area (Å²) < 4.78 is 0.965. The maximum absolute atomic E-state index is 12.2. The third kappa shape index (κ3) is 2.75. The third-order valence-corrected chi connectivity index (χ3v) is 3.81. The van der Waals surface area contributed by atoms with Crippen molar-refractivity contribution >= 4 is 39.1 Å². The summed E-state index contributed by atoms with van der Waals surface area (Å²) in [5.41, 5.74) is 9.36. The van der Waals surface area contributed by atoms with Crippen molar-refractivity contribution in [3.63, 3.8) is 0 Å². The van der Waals surface area contributed by atoms with Crippen molar-refractivity contribution in [3.8, 4) is 0 Å². The Morgan fingerprint density at radius 1 is 1.05 bits per heavy atom. The van der Waals surface area contributed by atoms with E-state index in [-0.39, 0.29) is 5.91 Å². The SMILES string of the molecule is NC(=O)c1ccc(NC(=O)c2ccc3ncsc3c2)cc1. The van der Waals surface area contributed by atoms with Crippen molar-refractivity contribution < 1.29 is 9.59 Å². The van der Waals surface area contributed by atoms with Crippen LogP contribution in [-0.4, -0.2) is 16.8 Å². The number of benzene rings is 2. The Bertz CT molecular complexity index is 824. The molecule has 3 N–H and O–H groups in total. The second-order valence-corrected chi connectivity index (χ2v) is 5.32. The van der Waals surface area contributed by atoms with Gasteiger partial charge in [0.2, 0.25) is 5.91 Å². The van der Waals surface area contributed by atoms with Gasteiger partial charge in [-0.1, -0.05) is 0 Å². The number of aromatic nitrogens is 1. The number of thiazole rings is 1. The molecule has 5 nitrogen and oxygen atoms in total. The number of hydrogen-bond acceptors (Lipinski definition) is 4. The zero-order chi connectivity index (χ0) is 14.8. The number of anilines is 1. The molecule has 0 aliphatic carbocycles. The van der Waals surface area contributed by atoms with Gasteiger partial charge in [0, 0.05) is 16.8 Å². The van der Waals surface area contributed by atoms with Crippen LogP contribution in [0.5, 0.6) is 0 Å². The fourth-order valence-electron chi connectivity index (χ4n) is 1.92.